The first-order chi connectivity index (χ1) is 26.8. The van der Waals surface area contributed by atoms with E-state index in [1.165, 1.54) is 0 Å². The normalized spacial score (nSPS) is 32.7. The molecule has 10 atom stereocenters. The van der Waals surface area contributed by atoms with E-state index in [2.05, 4.69) is 31.1 Å². The molecule has 56 heavy (non-hydrogen) atoms. The number of carbonyl (C=O) groups is 5. The van der Waals surface area contributed by atoms with E-state index < -0.39 is 23.5 Å². The number of ketones is 2. The Morgan fingerprint density at radius 1 is 0.964 bits per heavy atom. The van der Waals surface area contributed by atoms with Gasteiger partial charge in [-0.2, -0.15) is 0 Å². The van der Waals surface area contributed by atoms with Crippen LogP contribution in [0.3, 0.4) is 0 Å². The van der Waals surface area contributed by atoms with E-state index in [4.69, 9.17) is 9.47 Å². The number of aromatic nitrogens is 1. The molecule has 1 amide bonds. The van der Waals surface area contributed by atoms with Gasteiger partial charge in [0.1, 0.15) is 13.2 Å². The van der Waals surface area contributed by atoms with E-state index >= 15 is 0 Å². The lowest BCUT2D eigenvalue weighted by Crippen LogP contribution is -2.56. The van der Waals surface area contributed by atoms with E-state index in [1.54, 1.807) is 24.5 Å². The zero-order chi connectivity index (χ0) is 39.4. The predicted octanol–water partition coefficient (Wildman–Crippen LogP) is 7.05. The van der Waals surface area contributed by atoms with Gasteiger partial charge in [0, 0.05) is 46.6 Å². The summed E-state index contributed by atoms with van der Waals surface area (Å²) in [4.78, 5) is 68.1. The van der Waals surface area contributed by atoms with Crippen LogP contribution in [0.4, 0.5) is 5.69 Å². The third kappa shape index (κ3) is 7.12. The molecular weight excluding hydrogens is 709 g/mol. The Hall–Kier alpha value is -4.96. The van der Waals surface area contributed by atoms with Crippen molar-refractivity contribution in [2.24, 2.45) is 46.3 Å². The summed E-state index contributed by atoms with van der Waals surface area (Å²) >= 11 is 0. The SMILES string of the molecule is C[C@@H]1CC2[C@@H]3CCC4=CC(=O)C=C[C@]4(C)C3[C@@H](O)C[C@]2(C)[C@H]1C(=O)COC(=O)CCC(=O)OCc1ccc(C2CC2C(=O)Nc2ccc3cnccc3c2)cc1. The average Bonchev–Trinajstić information content (AvgIpc) is 3.93. The summed E-state index contributed by atoms with van der Waals surface area (Å²) in [5.41, 5.74) is 2.90. The standard InChI is InChI=1S/C46H50N2O8/c1-26-18-37-34-11-9-31-20-33(49)14-16-45(31,2)43(34)38(50)22-46(37,3)42(26)39(51)25-56-41(53)13-12-40(52)55-24-27-4-6-28(7-5-27)35-21-36(35)44(54)48-32-10-8-30-23-47-17-15-29(30)19-32/h4-8,10,14-17,19-20,23,26,34-38,42-43,50H,9,11-13,18,21-22,24-25H2,1-3H3,(H,48,54)/t26-,34+,35?,36?,37?,38+,42-,43?,45+,46+/m1/s1. The summed E-state index contributed by atoms with van der Waals surface area (Å²) in [6, 6.07) is 15.4. The minimum absolute atomic E-state index is 0.00319. The number of amides is 1. The lowest BCUT2D eigenvalue weighted by atomic mass is 9.46. The molecule has 5 aliphatic carbocycles. The Bertz CT molecular complexity index is 2140. The number of hydrogen-bond donors (Lipinski definition) is 2. The van der Waals surface area contributed by atoms with Crippen LogP contribution in [0.15, 0.2) is 84.7 Å². The molecule has 2 aromatic carbocycles. The second-order valence-electron chi connectivity index (χ2n) is 17.4. The van der Waals surface area contributed by atoms with Gasteiger partial charge in [-0.15, -0.1) is 0 Å². The van der Waals surface area contributed by atoms with Crippen molar-refractivity contribution in [3.05, 3.63) is 95.9 Å². The van der Waals surface area contributed by atoms with Crippen molar-refractivity contribution in [2.75, 3.05) is 11.9 Å². The first-order valence-corrected chi connectivity index (χ1v) is 20.0. The fourth-order valence-electron chi connectivity index (χ4n) is 11.2. The van der Waals surface area contributed by atoms with Crippen LogP contribution in [0.5, 0.6) is 0 Å². The highest BCUT2D eigenvalue weighted by molar-refractivity contribution is 6.01. The zero-order valence-corrected chi connectivity index (χ0v) is 32.2. The maximum absolute atomic E-state index is 13.7. The molecule has 3 aromatic rings. The number of ether oxygens (including phenoxy) is 2. The van der Waals surface area contributed by atoms with E-state index in [9.17, 15) is 29.1 Å². The van der Waals surface area contributed by atoms with Crippen molar-refractivity contribution in [1.29, 1.82) is 0 Å². The number of carbonyl (C=O) groups excluding carboxylic acids is 5. The third-order valence-electron chi connectivity index (χ3n) is 13.9. The lowest BCUT2D eigenvalue weighted by Gasteiger charge is -2.58. The molecule has 4 unspecified atom stereocenters. The molecule has 1 heterocycles. The minimum atomic E-state index is -0.630. The Balaban J connectivity index is 0.770. The highest BCUT2D eigenvalue weighted by Crippen LogP contribution is 2.67. The fraction of sp³-hybridized carbons (Fsp3) is 0.478. The van der Waals surface area contributed by atoms with Gasteiger partial charge < -0.3 is 19.9 Å². The molecule has 8 rings (SSSR count). The van der Waals surface area contributed by atoms with Gasteiger partial charge >= 0.3 is 11.9 Å². The third-order valence-corrected chi connectivity index (χ3v) is 13.9. The second-order valence-corrected chi connectivity index (χ2v) is 17.4. The molecule has 0 saturated heterocycles. The summed E-state index contributed by atoms with van der Waals surface area (Å²) in [6.45, 7) is 6.04. The first kappa shape index (κ1) is 37.9. The fourth-order valence-corrected chi connectivity index (χ4v) is 11.2. The van der Waals surface area contributed by atoms with Gasteiger partial charge in [-0.25, -0.2) is 0 Å². The van der Waals surface area contributed by atoms with Gasteiger partial charge in [0.25, 0.3) is 0 Å². The van der Waals surface area contributed by atoms with E-state index in [0.29, 0.717) is 6.42 Å². The first-order valence-electron chi connectivity index (χ1n) is 20.0. The van der Waals surface area contributed by atoms with Crippen LogP contribution in [0.1, 0.15) is 82.8 Å². The summed E-state index contributed by atoms with van der Waals surface area (Å²) in [7, 11) is 0. The highest BCUT2D eigenvalue weighted by atomic mass is 16.5. The molecule has 0 spiro atoms. The largest absolute Gasteiger partial charge is 0.461 e. The molecule has 292 valence electrons. The van der Waals surface area contributed by atoms with Crippen molar-refractivity contribution in [1.82, 2.24) is 4.98 Å². The molecular formula is C46H50N2O8. The molecule has 0 aliphatic heterocycles. The number of pyridine rings is 1. The van der Waals surface area contributed by atoms with Crippen LogP contribution >= 0.6 is 0 Å². The van der Waals surface area contributed by atoms with Crippen molar-refractivity contribution in [3.8, 4) is 0 Å². The number of fused-ring (bicyclic) bond motifs is 6. The number of esters is 2. The molecule has 1 aromatic heterocycles. The smallest absolute Gasteiger partial charge is 0.306 e. The minimum Gasteiger partial charge on any atom is -0.461 e. The van der Waals surface area contributed by atoms with E-state index in [-0.39, 0.29) is 90.4 Å². The van der Waals surface area contributed by atoms with Gasteiger partial charge in [-0.1, -0.05) is 62.8 Å². The van der Waals surface area contributed by atoms with Crippen LogP contribution in [-0.4, -0.2) is 52.2 Å². The molecule has 10 nitrogen and oxygen atoms in total. The number of nitrogens with zero attached hydrogens (tertiary/aromatic N) is 1. The maximum Gasteiger partial charge on any atom is 0.306 e. The number of hydrogen-bond acceptors (Lipinski definition) is 9. The van der Waals surface area contributed by atoms with Gasteiger partial charge in [-0.3, -0.25) is 29.0 Å². The monoisotopic (exact) mass is 758 g/mol. The van der Waals surface area contributed by atoms with Crippen LogP contribution in [-0.2, 0) is 40.1 Å². The van der Waals surface area contributed by atoms with Crippen molar-refractivity contribution < 1.29 is 38.6 Å². The Labute approximate surface area is 327 Å². The summed E-state index contributed by atoms with van der Waals surface area (Å²) < 4.78 is 10.8. The van der Waals surface area contributed by atoms with Crippen LogP contribution in [0.25, 0.3) is 10.8 Å². The van der Waals surface area contributed by atoms with E-state index in [1.807, 2.05) is 54.6 Å². The predicted molar refractivity (Wildman–Crippen MR) is 209 cm³/mol. The Morgan fingerprint density at radius 3 is 2.52 bits per heavy atom. The summed E-state index contributed by atoms with van der Waals surface area (Å²) in [5.74, 6) is -1.12. The van der Waals surface area contributed by atoms with Gasteiger partial charge in [0.05, 0.1) is 18.9 Å². The molecule has 0 radical (unpaired) electrons. The van der Waals surface area contributed by atoms with Gasteiger partial charge in [0.15, 0.2) is 11.6 Å². The topological polar surface area (TPSA) is 149 Å². The number of Topliss-reactive ketones (excluding diaryl/α,β-unsaturated/α-hetero) is 1. The molecule has 4 saturated carbocycles. The van der Waals surface area contributed by atoms with Gasteiger partial charge in [0.2, 0.25) is 5.91 Å². The molecule has 10 heteroatoms. The molecule has 5 aliphatic rings. The summed E-state index contributed by atoms with van der Waals surface area (Å²) in [5, 5.41) is 16.7. The number of benzene rings is 2. The van der Waals surface area contributed by atoms with Crippen LogP contribution < -0.4 is 5.32 Å². The lowest BCUT2D eigenvalue weighted by molar-refractivity contribution is -0.156. The number of rotatable bonds is 11. The maximum atomic E-state index is 13.7. The number of anilines is 1. The average molecular weight is 759 g/mol. The molecule has 4 fully saturated rings. The second kappa shape index (κ2) is 14.8. The number of aliphatic hydroxyl groups excluding tert-OH is 1. The van der Waals surface area contributed by atoms with Gasteiger partial charge in [-0.05, 0) is 108 Å². The Morgan fingerprint density at radius 2 is 1.73 bits per heavy atom. The quantitative estimate of drug-likeness (QED) is 0.196. The summed E-state index contributed by atoms with van der Waals surface area (Å²) in [6.07, 6.45) is 11.7. The Kier molecular flexibility index (Phi) is 10.1. The van der Waals surface area contributed by atoms with Crippen molar-refractivity contribution >= 4 is 45.9 Å². The van der Waals surface area contributed by atoms with Crippen LogP contribution in [0.2, 0.25) is 0 Å². The van der Waals surface area contributed by atoms with Crippen molar-refractivity contribution in [3.63, 3.8) is 0 Å². The number of allylic oxidation sites excluding steroid dienone is 4. The highest BCUT2D eigenvalue weighted by Gasteiger charge is 2.64. The number of nitrogens with one attached hydrogen (secondary N) is 1. The van der Waals surface area contributed by atoms with Crippen molar-refractivity contribution in [2.45, 2.75) is 84.3 Å². The van der Waals surface area contributed by atoms with Crippen LogP contribution in [0, 0.1) is 46.3 Å². The number of aliphatic hydroxyl groups is 1. The van der Waals surface area contributed by atoms with E-state index in [0.717, 1.165) is 58.8 Å². The molecule has 2 N–H and O–H groups in total. The zero-order valence-electron chi connectivity index (χ0n) is 32.2. The molecule has 0 bridgehead atoms.